The first-order valence-electron chi connectivity index (χ1n) is 7.70. The van der Waals surface area contributed by atoms with E-state index in [1.807, 2.05) is 36.4 Å². The fraction of sp³-hybridized carbons (Fsp3) is 0.263. The molecule has 0 amide bonds. The van der Waals surface area contributed by atoms with Gasteiger partial charge in [-0.25, -0.2) is 0 Å². The van der Waals surface area contributed by atoms with Crippen molar-refractivity contribution in [3.63, 3.8) is 0 Å². The molecule has 3 atom stereocenters. The van der Waals surface area contributed by atoms with E-state index in [9.17, 15) is 15.3 Å². The Bertz CT molecular complexity index is 661. The van der Waals surface area contributed by atoms with Crippen molar-refractivity contribution in [3.05, 3.63) is 65.7 Å². The quantitative estimate of drug-likeness (QED) is 0.812. The molecule has 4 heteroatoms. The molecular weight excluding hydrogens is 292 g/mol. The van der Waals surface area contributed by atoms with Crippen molar-refractivity contribution in [2.45, 2.75) is 31.2 Å². The van der Waals surface area contributed by atoms with Crippen LogP contribution in [0.1, 0.15) is 30.1 Å². The molecule has 1 heterocycles. The summed E-state index contributed by atoms with van der Waals surface area (Å²) in [5.74, 6) is 0.452. The van der Waals surface area contributed by atoms with Crippen LogP contribution in [0.3, 0.4) is 0 Å². The number of rotatable bonds is 3. The summed E-state index contributed by atoms with van der Waals surface area (Å²) in [7, 11) is 0. The molecule has 1 fully saturated rings. The van der Waals surface area contributed by atoms with Gasteiger partial charge in [-0.1, -0.05) is 36.4 Å². The lowest BCUT2D eigenvalue weighted by Gasteiger charge is -2.32. The lowest BCUT2D eigenvalue weighted by atomic mass is 9.95. The van der Waals surface area contributed by atoms with Crippen LogP contribution in [-0.4, -0.2) is 27.5 Å². The summed E-state index contributed by atoms with van der Waals surface area (Å²) < 4.78 is 6.05. The first kappa shape index (κ1) is 15.6. The van der Waals surface area contributed by atoms with E-state index in [0.717, 1.165) is 11.1 Å². The number of aliphatic hydroxyl groups excluding tert-OH is 1. The van der Waals surface area contributed by atoms with Crippen molar-refractivity contribution < 1.29 is 20.1 Å². The second kappa shape index (κ2) is 6.86. The molecule has 0 aromatic heterocycles. The average Bonchev–Trinajstić information content (AvgIpc) is 2.54. The minimum atomic E-state index is -0.419. The molecule has 1 aliphatic heterocycles. The molecule has 3 rings (SSSR count). The number of benzene rings is 2. The molecule has 4 nitrogen and oxygen atoms in total. The second-order valence-electron chi connectivity index (χ2n) is 5.83. The number of hydrogen-bond donors (Lipinski definition) is 3. The van der Waals surface area contributed by atoms with E-state index in [4.69, 9.17) is 4.74 Å². The Kier molecular flexibility index (Phi) is 4.65. The highest BCUT2D eigenvalue weighted by atomic mass is 16.5. The van der Waals surface area contributed by atoms with Crippen molar-refractivity contribution in [1.29, 1.82) is 0 Å². The van der Waals surface area contributed by atoms with Crippen LogP contribution in [0.15, 0.2) is 54.6 Å². The van der Waals surface area contributed by atoms with E-state index >= 15 is 0 Å². The van der Waals surface area contributed by atoms with Gasteiger partial charge in [0.05, 0.1) is 18.3 Å². The molecule has 0 radical (unpaired) electrons. The SMILES string of the molecule is Oc1ccc(/C=C/[C@H]2C[C@H](O)C[C@@H](c3ccc(O)cc3)O2)cc1. The molecule has 120 valence electrons. The summed E-state index contributed by atoms with van der Waals surface area (Å²) in [6.45, 7) is 0. The number of aromatic hydroxyl groups is 2. The van der Waals surface area contributed by atoms with Gasteiger partial charge in [-0.05, 0) is 35.4 Å². The zero-order valence-corrected chi connectivity index (χ0v) is 12.7. The second-order valence-corrected chi connectivity index (χ2v) is 5.83. The average molecular weight is 312 g/mol. The number of aliphatic hydroxyl groups is 1. The number of phenols is 2. The van der Waals surface area contributed by atoms with Crippen LogP contribution in [0.5, 0.6) is 11.5 Å². The Balaban J connectivity index is 1.70. The van der Waals surface area contributed by atoms with Crippen LogP contribution in [0.2, 0.25) is 0 Å². The largest absolute Gasteiger partial charge is 0.508 e. The van der Waals surface area contributed by atoms with Crippen LogP contribution in [-0.2, 0) is 4.74 Å². The van der Waals surface area contributed by atoms with Crippen molar-refractivity contribution >= 4 is 6.08 Å². The lowest BCUT2D eigenvalue weighted by molar-refractivity contribution is -0.0774. The molecule has 2 aromatic rings. The third-order valence-corrected chi connectivity index (χ3v) is 3.99. The molecule has 0 saturated carbocycles. The maximum absolute atomic E-state index is 10.1. The molecule has 0 unspecified atom stereocenters. The first-order chi connectivity index (χ1) is 11.1. The van der Waals surface area contributed by atoms with Gasteiger partial charge in [-0.2, -0.15) is 0 Å². The maximum Gasteiger partial charge on any atom is 0.115 e. The molecule has 2 aromatic carbocycles. The monoisotopic (exact) mass is 312 g/mol. The highest BCUT2D eigenvalue weighted by Crippen LogP contribution is 2.32. The molecule has 0 bridgehead atoms. The van der Waals surface area contributed by atoms with Gasteiger partial charge in [-0.15, -0.1) is 0 Å². The van der Waals surface area contributed by atoms with Gasteiger partial charge in [0.2, 0.25) is 0 Å². The third-order valence-electron chi connectivity index (χ3n) is 3.99. The van der Waals surface area contributed by atoms with Crippen molar-refractivity contribution in [2.24, 2.45) is 0 Å². The van der Waals surface area contributed by atoms with Crippen molar-refractivity contribution in [1.82, 2.24) is 0 Å². The number of phenolic OH excluding ortho intramolecular Hbond substituents is 2. The number of ether oxygens (including phenoxy) is 1. The fourth-order valence-electron chi connectivity index (χ4n) is 2.77. The molecule has 3 N–H and O–H groups in total. The normalized spacial score (nSPS) is 24.8. The van der Waals surface area contributed by atoms with Gasteiger partial charge in [0.25, 0.3) is 0 Å². The van der Waals surface area contributed by atoms with Crippen LogP contribution < -0.4 is 0 Å². The lowest BCUT2D eigenvalue weighted by Crippen LogP contribution is -2.30. The van der Waals surface area contributed by atoms with E-state index in [-0.39, 0.29) is 23.7 Å². The van der Waals surface area contributed by atoms with Crippen molar-refractivity contribution in [2.75, 3.05) is 0 Å². The Morgan fingerprint density at radius 3 is 2.13 bits per heavy atom. The van der Waals surface area contributed by atoms with Gasteiger partial charge in [0.15, 0.2) is 0 Å². The van der Waals surface area contributed by atoms with E-state index in [0.29, 0.717) is 12.8 Å². The summed E-state index contributed by atoms with van der Waals surface area (Å²) >= 11 is 0. The Hall–Kier alpha value is -2.30. The topological polar surface area (TPSA) is 69.9 Å². The van der Waals surface area contributed by atoms with Gasteiger partial charge in [0, 0.05) is 12.8 Å². The highest BCUT2D eigenvalue weighted by molar-refractivity contribution is 5.51. The molecule has 23 heavy (non-hydrogen) atoms. The van der Waals surface area contributed by atoms with Crippen molar-refractivity contribution in [3.8, 4) is 11.5 Å². The molecule has 0 aliphatic carbocycles. The Labute approximate surface area is 135 Å². The van der Waals surface area contributed by atoms with Crippen LogP contribution in [0.4, 0.5) is 0 Å². The molecule has 1 aliphatic rings. The van der Waals surface area contributed by atoms with Gasteiger partial charge >= 0.3 is 0 Å². The summed E-state index contributed by atoms with van der Waals surface area (Å²) in [5.41, 5.74) is 1.91. The molecule has 1 saturated heterocycles. The maximum atomic E-state index is 10.1. The predicted octanol–water partition coefficient (Wildman–Crippen LogP) is 3.39. The van der Waals surface area contributed by atoms with Gasteiger partial charge < -0.3 is 20.1 Å². The molecular formula is C19H20O4. The predicted molar refractivity (Wildman–Crippen MR) is 88.1 cm³/mol. The van der Waals surface area contributed by atoms with E-state index in [1.54, 1.807) is 24.3 Å². The van der Waals surface area contributed by atoms with E-state index in [1.165, 1.54) is 0 Å². The van der Waals surface area contributed by atoms with Gasteiger partial charge in [-0.3, -0.25) is 0 Å². The summed E-state index contributed by atoms with van der Waals surface area (Å²) in [5, 5.41) is 28.8. The minimum Gasteiger partial charge on any atom is -0.508 e. The Morgan fingerprint density at radius 1 is 0.870 bits per heavy atom. The molecule has 0 spiro atoms. The van der Waals surface area contributed by atoms with Crippen LogP contribution in [0, 0.1) is 0 Å². The summed E-state index contributed by atoms with van der Waals surface area (Å²) in [4.78, 5) is 0. The standard InChI is InChI=1S/C19H20O4/c20-15-6-1-13(2-7-15)3-10-18-11-17(22)12-19(23-18)14-4-8-16(21)9-5-14/h1-10,17-22H,11-12H2/b10-3+/t17-,18-,19-/m0/s1. The fourth-order valence-corrected chi connectivity index (χ4v) is 2.77. The van der Waals surface area contributed by atoms with Gasteiger partial charge in [0.1, 0.15) is 11.5 Å². The summed E-state index contributed by atoms with van der Waals surface area (Å²) in [6.07, 6.45) is 4.19. The minimum absolute atomic E-state index is 0.175. The zero-order valence-electron chi connectivity index (χ0n) is 12.7. The zero-order chi connectivity index (χ0) is 16.2. The van der Waals surface area contributed by atoms with Crippen LogP contribution in [0.25, 0.3) is 6.08 Å². The summed E-state index contributed by atoms with van der Waals surface area (Å²) in [6, 6.07) is 13.8. The van der Waals surface area contributed by atoms with Crippen LogP contribution >= 0.6 is 0 Å². The Morgan fingerprint density at radius 2 is 1.48 bits per heavy atom. The third kappa shape index (κ3) is 4.12. The number of hydrogen-bond acceptors (Lipinski definition) is 4. The smallest absolute Gasteiger partial charge is 0.115 e. The van der Waals surface area contributed by atoms with E-state index < -0.39 is 6.10 Å². The van der Waals surface area contributed by atoms with E-state index in [2.05, 4.69) is 0 Å². The first-order valence-corrected chi connectivity index (χ1v) is 7.70. The highest BCUT2D eigenvalue weighted by Gasteiger charge is 2.27.